The highest BCUT2D eigenvalue weighted by Gasteiger charge is 2.22. The van der Waals surface area contributed by atoms with Crippen LogP contribution in [-0.4, -0.2) is 76.0 Å². The van der Waals surface area contributed by atoms with Crippen LogP contribution in [0, 0.1) is 0 Å². The topological polar surface area (TPSA) is 24.9 Å². The van der Waals surface area contributed by atoms with Crippen LogP contribution in [0.1, 0.15) is 13.3 Å². The van der Waals surface area contributed by atoms with Gasteiger partial charge in [-0.15, -0.1) is 0 Å². The van der Waals surface area contributed by atoms with Crippen molar-refractivity contribution >= 4 is 0 Å². The van der Waals surface area contributed by atoms with Crippen molar-refractivity contribution in [2.75, 3.05) is 60.2 Å². The minimum absolute atomic E-state index is 0.645. The maximum absolute atomic E-state index is 5.13. The molecular weight excluding hydrogens is 204 g/mol. The van der Waals surface area contributed by atoms with Gasteiger partial charge in [-0.1, -0.05) is 0 Å². The van der Waals surface area contributed by atoms with E-state index >= 15 is 0 Å². The van der Waals surface area contributed by atoms with E-state index in [0.29, 0.717) is 6.04 Å². The van der Waals surface area contributed by atoms with Crippen molar-refractivity contribution in [1.82, 2.24) is 9.80 Å². The summed E-state index contributed by atoms with van der Waals surface area (Å²) in [6, 6.07) is 0.645. The molecule has 0 N–H and O–H groups in total. The fourth-order valence-corrected chi connectivity index (χ4v) is 2.25. The summed E-state index contributed by atoms with van der Waals surface area (Å²) in [6.07, 6.45) is 1.14. The van der Waals surface area contributed by atoms with Crippen LogP contribution in [0.2, 0.25) is 0 Å². The highest BCUT2D eigenvalue weighted by atomic mass is 16.5. The number of piperazine rings is 1. The molecule has 4 nitrogen and oxygen atoms in total. The molecule has 1 heterocycles. The van der Waals surface area contributed by atoms with Crippen LogP contribution in [-0.2, 0) is 9.47 Å². The first-order chi connectivity index (χ1) is 7.77. The Labute approximate surface area is 99.5 Å². The maximum Gasteiger partial charge on any atom is 0.0589 e. The van der Waals surface area contributed by atoms with Gasteiger partial charge in [0.2, 0.25) is 0 Å². The van der Waals surface area contributed by atoms with E-state index in [2.05, 4.69) is 16.7 Å². The minimum Gasteiger partial charge on any atom is -0.385 e. The van der Waals surface area contributed by atoms with Crippen molar-refractivity contribution in [2.45, 2.75) is 19.4 Å². The molecule has 16 heavy (non-hydrogen) atoms. The fraction of sp³-hybridized carbons (Fsp3) is 1.00. The van der Waals surface area contributed by atoms with Gasteiger partial charge in [-0.05, 0) is 13.3 Å². The Morgan fingerprint density at radius 2 is 1.81 bits per heavy atom. The lowest BCUT2D eigenvalue weighted by Gasteiger charge is -2.39. The monoisotopic (exact) mass is 230 g/mol. The van der Waals surface area contributed by atoms with E-state index in [-0.39, 0.29) is 0 Å². The zero-order valence-electron chi connectivity index (χ0n) is 10.9. The lowest BCUT2D eigenvalue weighted by molar-refractivity contribution is 0.0548. The Morgan fingerprint density at radius 1 is 1.06 bits per heavy atom. The van der Waals surface area contributed by atoms with Gasteiger partial charge in [-0.3, -0.25) is 4.90 Å². The van der Waals surface area contributed by atoms with Crippen LogP contribution in [0.15, 0.2) is 0 Å². The first-order valence-corrected chi connectivity index (χ1v) is 6.22. The smallest absolute Gasteiger partial charge is 0.0589 e. The van der Waals surface area contributed by atoms with Crippen LogP contribution < -0.4 is 0 Å². The molecule has 1 aliphatic rings. The van der Waals surface area contributed by atoms with E-state index in [4.69, 9.17) is 9.47 Å². The van der Waals surface area contributed by atoms with Gasteiger partial charge in [0.25, 0.3) is 0 Å². The molecule has 4 heteroatoms. The standard InChI is InChI=1S/C12H26N2O2/c1-12-11-13(5-4-9-15-2)6-7-14(12)8-10-16-3/h12H,4-11H2,1-3H3/t12-/m1/s1. The van der Waals surface area contributed by atoms with E-state index in [1.807, 2.05) is 0 Å². The third-order valence-electron chi connectivity index (χ3n) is 3.25. The predicted molar refractivity (Wildman–Crippen MR) is 65.8 cm³/mol. The molecular formula is C12H26N2O2. The molecule has 0 aromatic rings. The average Bonchev–Trinajstić information content (AvgIpc) is 2.28. The van der Waals surface area contributed by atoms with Crippen LogP contribution in [0.4, 0.5) is 0 Å². The van der Waals surface area contributed by atoms with E-state index in [1.165, 1.54) is 13.1 Å². The summed E-state index contributed by atoms with van der Waals surface area (Å²) in [7, 11) is 3.54. The van der Waals surface area contributed by atoms with Crippen LogP contribution in [0.5, 0.6) is 0 Å². The van der Waals surface area contributed by atoms with Gasteiger partial charge >= 0.3 is 0 Å². The van der Waals surface area contributed by atoms with Gasteiger partial charge in [0.15, 0.2) is 0 Å². The summed E-state index contributed by atoms with van der Waals surface area (Å²) >= 11 is 0. The normalized spacial score (nSPS) is 23.8. The summed E-state index contributed by atoms with van der Waals surface area (Å²) in [4.78, 5) is 5.04. The Morgan fingerprint density at radius 3 is 2.44 bits per heavy atom. The summed E-state index contributed by atoms with van der Waals surface area (Å²) in [5, 5.41) is 0. The zero-order chi connectivity index (χ0) is 11.8. The average molecular weight is 230 g/mol. The Hall–Kier alpha value is -0.160. The van der Waals surface area contributed by atoms with Gasteiger partial charge in [0.05, 0.1) is 6.61 Å². The van der Waals surface area contributed by atoms with E-state index in [1.54, 1.807) is 14.2 Å². The van der Waals surface area contributed by atoms with Crippen molar-refractivity contribution in [3.8, 4) is 0 Å². The third kappa shape index (κ3) is 4.78. The van der Waals surface area contributed by atoms with Gasteiger partial charge < -0.3 is 14.4 Å². The van der Waals surface area contributed by atoms with Gasteiger partial charge in [0.1, 0.15) is 0 Å². The molecule has 0 saturated carbocycles. The fourth-order valence-electron chi connectivity index (χ4n) is 2.25. The van der Waals surface area contributed by atoms with Crippen molar-refractivity contribution in [2.24, 2.45) is 0 Å². The van der Waals surface area contributed by atoms with E-state index in [0.717, 1.165) is 39.3 Å². The van der Waals surface area contributed by atoms with Gasteiger partial charge in [-0.25, -0.2) is 0 Å². The van der Waals surface area contributed by atoms with Crippen molar-refractivity contribution in [3.05, 3.63) is 0 Å². The molecule has 0 bridgehead atoms. The van der Waals surface area contributed by atoms with E-state index < -0.39 is 0 Å². The second-order valence-electron chi connectivity index (χ2n) is 4.52. The van der Waals surface area contributed by atoms with Gasteiger partial charge in [0, 0.05) is 59.6 Å². The molecule has 0 amide bonds. The second kappa shape index (κ2) is 8.01. The Bertz CT molecular complexity index is 178. The molecule has 0 radical (unpaired) electrons. The van der Waals surface area contributed by atoms with Crippen molar-refractivity contribution < 1.29 is 9.47 Å². The van der Waals surface area contributed by atoms with Crippen molar-refractivity contribution in [3.63, 3.8) is 0 Å². The second-order valence-corrected chi connectivity index (χ2v) is 4.52. The Balaban J connectivity index is 2.17. The molecule has 1 saturated heterocycles. The molecule has 1 rings (SSSR count). The summed E-state index contributed by atoms with van der Waals surface area (Å²) in [5.74, 6) is 0. The highest BCUT2D eigenvalue weighted by molar-refractivity contribution is 4.78. The molecule has 0 aliphatic carbocycles. The zero-order valence-corrected chi connectivity index (χ0v) is 10.9. The maximum atomic E-state index is 5.13. The molecule has 1 aliphatic heterocycles. The molecule has 1 fully saturated rings. The molecule has 0 aromatic heterocycles. The summed E-state index contributed by atoms with van der Waals surface area (Å²) in [5.41, 5.74) is 0. The molecule has 0 spiro atoms. The SMILES string of the molecule is COCCCN1CCN(CCOC)[C@H](C)C1. The molecule has 96 valence electrons. The number of hydrogen-bond donors (Lipinski definition) is 0. The number of ether oxygens (including phenoxy) is 2. The number of hydrogen-bond acceptors (Lipinski definition) is 4. The molecule has 1 atom stereocenters. The highest BCUT2D eigenvalue weighted by Crippen LogP contribution is 2.09. The predicted octanol–water partition coefficient (Wildman–Crippen LogP) is 0.675. The minimum atomic E-state index is 0.645. The van der Waals surface area contributed by atoms with Crippen molar-refractivity contribution in [1.29, 1.82) is 0 Å². The summed E-state index contributed by atoms with van der Waals surface area (Å²) < 4.78 is 10.2. The number of nitrogens with zero attached hydrogens (tertiary/aromatic N) is 2. The largest absolute Gasteiger partial charge is 0.385 e. The molecule has 0 unspecified atom stereocenters. The van der Waals surface area contributed by atoms with Crippen LogP contribution >= 0.6 is 0 Å². The third-order valence-corrected chi connectivity index (χ3v) is 3.25. The molecule has 0 aromatic carbocycles. The quantitative estimate of drug-likeness (QED) is 0.600. The number of methoxy groups -OCH3 is 2. The first kappa shape index (κ1) is 13.9. The van der Waals surface area contributed by atoms with Crippen LogP contribution in [0.25, 0.3) is 0 Å². The lowest BCUT2D eigenvalue weighted by Crippen LogP contribution is -2.52. The lowest BCUT2D eigenvalue weighted by atomic mass is 10.2. The van der Waals surface area contributed by atoms with Crippen LogP contribution in [0.3, 0.4) is 0 Å². The van der Waals surface area contributed by atoms with E-state index in [9.17, 15) is 0 Å². The first-order valence-electron chi connectivity index (χ1n) is 6.22. The van der Waals surface area contributed by atoms with Gasteiger partial charge in [-0.2, -0.15) is 0 Å². The summed E-state index contributed by atoms with van der Waals surface area (Å²) in [6.45, 7) is 9.76. The Kier molecular flexibility index (Phi) is 6.96. The number of rotatable bonds is 7.